The van der Waals surface area contributed by atoms with E-state index in [2.05, 4.69) is 29.4 Å². The second-order valence-corrected chi connectivity index (χ2v) is 7.61. The second-order valence-electron chi connectivity index (χ2n) is 7.26. The first kappa shape index (κ1) is 22.9. The van der Waals surface area contributed by atoms with Crippen molar-refractivity contribution in [3.63, 3.8) is 0 Å². The largest absolute Gasteiger partial charge is 0.382 e. The molecule has 0 unspecified atom stereocenters. The van der Waals surface area contributed by atoms with Gasteiger partial charge in [0.25, 0.3) is 5.91 Å². The van der Waals surface area contributed by atoms with Gasteiger partial charge in [-0.1, -0.05) is 24.4 Å². The summed E-state index contributed by atoms with van der Waals surface area (Å²) in [6, 6.07) is 0. The average Bonchev–Trinajstić information content (AvgIpc) is 2.56. The van der Waals surface area contributed by atoms with Crippen molar-refractivity contribution >= 4 is 35.1 Å². The van der Waals surface area contributed by atoms with Gasteiger partial charge < -0.3 is 27.0 Å². The van der Waals surface area contributed by atoms with Crippen molar-refractivity contribution in [2.45, 2.75) is 38.5 Å². The van der Waals surface area contributed by atoms with E-state index in [9.17, 15) is 9.59 Å². The highest BCUT2D eigenvalue weighted by atomic mass is 35.5. The number of anilines is 2. The number of nitrogens with zero attached hydrogens (tertiary/aromatic N) is 3. The van der Waals surface area contributed by atoms with E-state index in [-0.39, 0.29) is 28.4 Å². The van der Waals surface area contributed by atoms with Crippen LogP contribution in [0.1, 0.15) is 49.0 Å². The van der Waals surface area contributed by atoms with Crippen molar-refractivity contribution in [1.29, 1.82) is 0 Å². The molecule has 0 spiro atoms. The van der Waals surface area contributed by atoms with Crippen molar-refractivity contribution < 1.29 is 14.1 Å². The van der Waals surface area contributed by atoms with E-state index in [0.717, 1.165) is 49.7 Å². The van der Waals surface area contributed by atoms with Gasteiger partial charge in [0, 0.05) is 6.42 Å². The molecular weight excluding hydrogens is 370 g/mol. The van der Waals surface area contributed by atoms with Crippen molar-refractivity contribution in [3.8, 4) is 0 Å². The summed E-state index contributed by atoms with van der Waals surface area (Å²) in [4.78, 5) is 30.6. The molecule has 10 heteroatoms. The molecule has 0 aliphatic carbocycles. The van der Waals surface area contributed by atoms with Crippen LogP contribution in [0.4, 0.5) is 11.6 Å². The summed E-state index contributed by atoms with van der Waals surface area (Å²) in [6.45, 7) is 2.25. The Morgan fingerprint density at radius 2 is 1.63 bits per heavy atom. The number of nitrogen functional groups attached to an aromatic ring is 2. The van der Waals surface area contributed by atoms with Crippen LogP contribution in [0.15, 0.2) is 0 Å². The fraction of sp³-hybridized carbons (Fsp3) is 0.647. The van der Waals surface area contributed by atoms with Crippen LogP contribution < -0.4 is 22.5 Å². The van der Waals surface area contributed by atoms with E-state index in [1.807, 2.05) is 0 Å². The maximum Gasteiger partial charge on any atom is 0.273 e. The lowest BCUT2D eigenvalue weighted by Crippen LogP contribution is -2.46. The molecule has 1 rings (SSSR count). The molecule has 0 aliphatic heterocycles. The number of nitrogens with two attached hydrogens (primary N) is 3. The lowest BCUT2D eigenvalue weighted by atomic mass is 10.1. The summed E-state index contributed by atoms with van der Waals surface area (Å²) in [5, 5.41) is 2.75. The number of primary amides is 1. The van der Waals surface area contributed by atoms with Crippen LogP contribution in [-0.4, -0.2) is 60.0 Å². The molecule has 9 nitrogen and oxygen atoms in total. The smallest absolute Gasteiger partial charge is 0.273 e. The molecule has 1 heterocycles. The molecular formula is C17H31ClN7O2+. The van der Waals surface area contributed by atoms with Crippen LogP contribution in [0.2, 0.25) is 5.15 Å². The highest BCUT2D eigenvalue weighted by Crippen LogP contribution is 2.17. The van der Waals surface area contributed by atoms with Gasteiger partial charge in [-0.25, -0.2) is 9.97 Å². The van der Waals surface area contributed by atoms with Crippen LogP contribution in [0.3, 0.4) is 0 Å². The standard InChI is InChI=1S/C17H30ClN7O2/c1-25(2,10-7-5-3-4-6-8-12(19)26)11-9-22-17(27)13-15(20)24-16(21)14(18)23-13/h3-11H2,1-2H3,(H6-,19,20,21,22,24,26,27)/p+1. The van der Waals surface area contributed by atoms with Gasteiger partial charge in [0.2, 0.25) is 5.91 Å². The number of nitrogens with one attached hydrogen (secondary N) is 1. The molecule has 0 saturated carbocycles. The van der Waals surface area contributed by atoms with Gasteiger partial charge in [0.15, 0.2) is 22.5 Å². The minimum Gasteiger partial charge on any atom is -0.382 e. The highest BCUT2D eigenvalue weighted by Gasteiger charge is 2.18. The molecule has 1 aromatic rings. The van der Waals surface area contributed by atoms with Gasteiger partial charge in [-0.15, -0.1) is 0 Å². The minimum atomic E-state index is -0.420. The third-order valence-electron chi connectivity index (χ3n) is 4.31. The molecule has 1 aromatic heterocycles. The van der Waals surface area contributed by atoms with E-state index < -0.39 is 5.91 Å². The Kier molecular flexibility index (Phi) is 9.23. The van der Waals surface area contributed by atoms with Crippen LogP contribution in [0.5, 0.6) is 0 Å². The SMILES string of the molecule is C[N+](C)(CCCCCCCC(N)=O)CCNC(=O)c1nc(Cl)c(N)nc1N. The van der Waals surface area contributed by atoms with Crippen LogP contribution in [-0.2, 0) is 4.79 Å². The number of aromatic nitrogens is 2. The first-order chi connectivity index (χ1) is 12.6. The van der Waals surface area contributed by atoms with Crippen molar-refractivity contribution in [2.75, 3.05) is 45.2 Å². The van der Waals surface area contributed by atoms with Crippen molar-refractivity contribution in [2.24, 2.45) is 5.73 Å². The van der Waals surface area contributed by atoms with Crippen LogP contribution in [0, 0.1) is 0 Å². The number of halogens is 1. The second kappa shape index (κ2) is 10.9. The van der Waals surface area contributed by atoms with Gasteiger partial charge >= 0.3 is 0 Å². The summed E-state index contributed by atoms with van der Waals surface area (Å²) < 4.78 is 0.783. The van der Waals surface area contributed by atoms with E-state index in [4.69, 9.17) is 28.8 Å². The number of hydrogen-bond donors (Lipinski definition) is 4. The maximum absolute atomic E-state index is 12.2. The molecule has 0 radical (unpaired) electrons. The van der Waals surface area contributed by atoms with Crippen LogP contribution in [0.25, 0.3) is 0 Å². The van der Waals surface area contributed by atoms with Gasteiger partial charge in [-0.05, 0) is 19.3 Å². The molecule has 2 amide bonds. The predicted octanol–water partition coefficient (Wildman–Crippen LogP) is 0.927. The molecule has 152 valence electrons. The van der Waals surface area contributed by atoms with E-state index >= 15 is 0 Å². The Balaban J connectivity index is 2.28. The maximum atomic E-state index is 12.2. The fourth-order valence-corrected chi connectivity index (χ4v) is 2.77. The van der Waals surface area contributed by atoms with Crippen molar-refractivity contribution in [3.05, 3.63) is 10.8 Å². The Morgan fingerprint density at radius 1 is 1.00 bits per heavy atom. The van der Waals surface area contributed by atoms with E-state index in [1.54, 1.807) is 0 Å². The normalized spacial score (nSPS) is 11.4. The lowest BCUT2D eigenvalue weighted by molar-refractivity contribution is -0.889. The van der Waals surface area contributed by atoms with Crippen molar-refractivity contribution in [1.82, 2.24) is 15.3 Å². The lowest BCUT2D eigenvalue weighted by Gasteiger charge is -2.30. The Hall–Kier alpha value is -2.13. The summed E-state index contributed by atoms with van der Waals surface area (Å²) in [5.74, 6) is -0.696. The summed E-state index contributed by atoms with van der Waals surface area (Å²) in [6.07, 6.45) is 5.65. The molecule has 0 fully saturated rings. The number of carbonyl (C=O) groups excluding carboxylic acids is 2. The molecule has 0 aromatic carbocycles. The molecule has 0 saturated heterocycles. The van der Waals surface area contributed by atoms with E-state index in [1.165, 1.54) is 0 Å². The number of amides is 2. The minimum absolute atomic E-state index is 0.00172. The molecule has 0 bridgehead atoms. The summed E-state index contributed by atoms with van der Waals surface area (Å²) >= 11 is 5.79. The van der Waals surface area contributed by atoms with Gasteiger partial charge in [-0.3, -0.25) is 9.59 Å². The third-order valence-corrected chi connectivity index (χ3v) is 4.59. The Morgan fingerprint density at radius 3 is 2.30 bits per heavy atom. The number of likely N-dealkylation sites (N-methyl/N-ethyl adjacent to an activating group) is 1. The average molecular weight is 401 g/mol. The first-order valence-electron chi connectivity index (χ1n) is 9.09. The van der Waals surface area contributed by atoms with Gasteiger partial charge in [-0.2, -0.15) is 0 Å². The van der Waals surface area contributed by atoms with Crippen LogP contribution >= 0.6 is 11.6 Å². The number of rotatable bonds is 12. The third kappa shape index (κ3) is 8.87. The zero-order valence-electron chi connectivity index (χ0n) is 16.1. The summed E-state index contributed by atoms with van der Waals surface area (Å²) in [5.41, 5.74) is 16.3. The number of quaternary nitrogens is 1. The molecule has 0 aliphatic rings. The first-order valence-corrected chi connectivity index (χ1v) is 9.47. The highest BCUT2D eigenvalue weighted by molar-refractivity contribution is 6.31. The predicted molar refractivity (Wildman–Crippen MR) is 107 cm³/mol. The number of carbonyl (C=O) groups is 2. The van der Waals surface area contributed by atoms with Gasteiger partial charge in [0.05, 0.1) is 33.7 Å². The Labute approximate surface area is 165 Å². The van der Waals surface area contributed by atoms with E-state index in [0.29, 0.717) is 13.0 Å². The molecule has 27 heavy (non-hydrogen) atoms. The number of unbranched alkanes of at least 4 members (excludes halogenated alkanes) is 4. The molecule has 7 N–H and O–H groups in total. The Bertz CT molecular complexity index is 652. The zero-order valence-corrected chi connectivity index (χ0v) is 16.9. The summed E-state index contributed by atoms with van der Waals surface area (Å²) in [7, 11) is 4.24. The quantitative estimate of drug-likeness (QED) is 0.302. The van der Waals surface area contributed by atoms with Gasteiger partial charge in [0.1, 0.15) is 0 Å². The number of hydrogen-bond acceptors (Lipinski definition) is 6. The monoisotopic (exact) mass is 400 g/mol. The fourth-order valence-electron chi connectivity index (χ4n) is 2.65. The zero-order chi connectivity index (χ0) is 20.4. The topological polar surface area (TPSA) is 150 Å². The molecule has 0 atom stereocenters.